The van der Waals surface area contributed by atoms with Gasteiger partial charge in [-0.1, -0.05) is 123 Å². The smallest absolute Gasteiger partial charge is 0.387 e. The van der Waals surface area contributed by atoms with E-state index in [2.05, 4.69) is 9.47 Å². The highest BCUT2D eigenvalue weighted by Crippen LogP contribution is 2.33. The number of halogens is 14. The standard InChI is InChI=1S/C11H13F3.C11H14F2.C10H11ClF2O.C10H11F3O.C10H11F3/c1-7(2)8-4-5-10(12)9(6-8)11(3,13)14;1-8(2)9-5-4-6-10(7-9)11(3,12)13;2*1-6(2)7-3-4-8(11)9(5-7)14-10(12)13;1-6(2)7-3-4-9(11)8(5-7)10(12)13/h4-7H,1-3H3;4-8H,1-3H3;2*3-6,10H,1-2H3;3-6,10H,1-2H3. The van der Waals surface area contributed by atoms with Crippen LogP contribution in [-0.2, 0) is 11.8 Å². The van der Waals surface area contributed by atoms with E-state index in [-0.39, 0.29) is 40.0 Å². The fourth-order valence-corrected chi connectivity index (χ4v) is 5.79. The van der Waals surface area contributed by atoms with E-state index in [0.29, 0.717) is 12.8 Å². The van der Waals surface area contributed by atoms with Crippen molar-refractivity contribution in [3.8, 4) is 11.5 Å². The first-order chi connectivity index (χ1) is 31.3. The van der Waals surface area contributed by atoms with Crippen LogP contribution in [0.5, 0.6) is 11.5 Å². The fourth-order valence-electron chi connectivity index (χ4n) is 5.63. The summed E-state index contributed by atoms with van der Waals surface area (Å²) < 4.78 is 171. The van der Waals surface area contributed by atoms with Gasteiger partial charge in [0.05, 0.1) is 16.1 Å². The van der Waals surface area contributed by atoms with E-state index in [1.165, 1.54) is 36.4 Å². The van der Waals surface area contributed by atoms with Crippen LogP contribution in [0.25, 0.3) is 0 Å². The number of hydrogen-bond acceptors (Lipinski definition) is 2. The van der Waals surface area contributed by atoms with Crippen LogP contribution in [0.15, 0.2) is 97.1 Å². The average Bonchev–Trinajstić information content (AvgIpc) is 3.22. The third-order valence-corrected chi connectivity index (χ3v) is 10.1. The highest BCUT2D eigenvalue weighted by atomic mass is 35.5. The van der Waals surface area contributed by atoms with Crippen molar-refractivity contribution in [1.29, 1.82) is 0 Å². The number of alkyl halides is 10. The van der Waals surface area contributed by atoms with Crippen molar-refractivity contribution in [2.75, 3.05) is 0 Å². The summed E-state index contributed by atoms with van der Waals surface area (Å²) in [5, 5.41) is 0.203. The Morgan fingerprint density at radius 2 is 0.809 bits per heavy atom. The van der Waals surface area contributed by atoms with Gasteiger partial charge in [-0.25, -0.2) is 39.5 Å². The molecule has 0 aromatic heterocycles. The Labute approximate surface area is 396 Å². The molecule has 378 valence electrons. The molecule has 68 heavy (non-hydrogen) atoms. The first-order valence-electron chi connectivity index (χ1n) is 21.5. The zero-order valence-corrected chi connectivity index (χ0v) is 40.7. The van der Waals surface area contributed by atoms with Gasteiger partial charge in [-0.3, -0.25) is 0 Å². The van der Waals surface area contributed by atoms with Crippen molar-refractivity contribution >= 4 is 11.6 Å². The second kappa shape index (κ2) is 27.9. The molecule has 0 aliphatic heterocycles. The topological polar surface area (TPSA) is 18.5 Å². The van der Waals surface area contributed by atoms with Gasteiger partial charge >= 0.3 is 13.2 Å². The number of hydrogen-bond donors (Lipinski definition) is 0. The molecule has 0 N–H and O–H groups in total. The van der Waals surface area contributed by atoms with Crippen molar-refractivity contribution in [1.82, 2.24) is 0 Å². The molecule has 0 amide bonds. The lowest BCUT2D eigenvalue weighted by Gasteiger charge is -2.14. The van der Waals surface area contributed by atoms with Gasteiger partial charge in [0, 0.05) is 19.4 Å². The average molecular weight is 999 g/mol. The van der Waals surface area contributed by atoms with Gasteiger partial charge in [0.25, 0.3) is 18.3 Å². The van der Waals surface area contributed by atoms with Crippen molar-refractivity contribution < 1.29 is 66.5 Å². The van der Waals surface area contributed by atoms with Crippen LogP contribution in [0.3, 0.4) is 0 Å². The Kier molecular flexibility index (Phi) is 25.1. The highest BCUT2D eigenvalue weighted by Gasteiger charge is 2.28. The molecule has 0 aliphatic carbocycles. The largest absolute Gasteiger partial charge is 0.433 e. The molecule has 5 aromatic carbocycles. The Morgan fingerprint density at radius 1 is 0.426 bits per heavy atom. The van der Waals surface area contributed by atoms with E-state index in [0.717, 1.165) is 52.9 Å². The molecule has 0 bridgehead atoms. The van der Waals surface area contributed by atoms with Gasteiger partial charge in [0.2, 0.25) is 0 Å². The van der Waals surface area contributed by atoms with Crippen LogP contribution < -0.4 is 9.47 Å². The van der Waals surface area contributed by atoms with Gasteiger partial charge < -0.3 is 9.47 Å². The Balaban J connectivity index is 0.000000425. The summed E-state index contributed by atoms with van der Waals surface area (Å²) in [6.45, 7) is 15.0. The van der Waals surface area contributed by atoms with Crippen molar-refractivity contribution in [3.63, 3.8) is 0 Å². The number of rotatable bonds is 12. The molecule has 0 fully saturated rings. The predicted molar refractivity (Wildman–Crippen MR) is 245 cm³/mol. The fraction of sp³-hybridized carbons (Fsp3) is 0.423. The van der Waals surface area contributed by atoms with Crippen LogP contribution in [0.4, 0.5) is 57.1 Å². The SMILES string of the molecule is CC(C)c1ccc(Cl)c(OC(F)F)c1.CC(C)c1ccc(F)c(C(C)(F)F)c1.CC(C)c1ccc(F)c(C(F)F)c1.CC(C)c1ccc(F)c(OC(F)F)c1.CC(C)c1cccc(C(C)(F)F)c1. The molecule has 0 radical (unpaired) electrons. The molecule has 0 atom stereocenters. The third-order valence-electron chi connectivity index (χ3n) is 9.79. The molecule has 5 aromatic rings. The van der Waals surface area contributed by atoms with E-state index in [1.54, 1.807) is 36.4 Å². The molecule has 16 heteroatoms. The van der Waals surface area contributed by atoms with E-state index >= 15 is 0 Å². The molecular weight excluding hydrogens is 939 g/mol. The first kappa shape index (κ1) is 61.1. The van der Waals surface area contributed by atoms with Gasteiger partial charge in [0.15, 0.2) is 11.6 Å². The molecule has 5 rings (SSSR count). The lowest BCUT2D eigenvalue weighted by atomic mass is 9.98. The number of benzene rings is 5. The summed E-state index contributed by atoms with van der Waals surface area (Å²) in [5.41, 5.74) is 3.17. The second-order valence-corrected chi connectivity index (χ2v) is 17.5. The minimum absolute atomic E-state index is 0.0351. The van der Waals surface area contributed by atoms with Crippen LogP contribution in [-0.4, -0.2) is 13.2 Å². The first-order valence-corrected chi connectivity index (χ1v) is 21.9. The van der Waals surface area contributed by atoms with Gasteiger partial charge in [-0.15, -0.1) is 0 Å². The maximum Gasteiger partial charge on any atom is 0.387 e. The normalized spacial score (nSPS) is 11.6. The van der Waals surface area contributed by atoms with Crippen molar-refractivity contribution in [2.24, 2.45) is 0 Å². The van der Waals surface area contributed by atoms with Crippen LogP contribution in [0.1, 0.15) is 164 Å². The quantitative estimate of drug-likeness (QED) is 0.116. The minimum Gasteiger partial charge on any atom is -0.433 e. The van der Waals surface area contributed by atoms with Gasteiger partial charge in [-0.2, -0.15) is 17.6 Å². The highest BCUT2D eigenvalue weighted by molar-refractivity contribution is 6.32. The summed E-state index contributed by atoms with van der Waals surface area (Å²) in [5.74, 6) is -7.70. The molecule has 0 saturated heterocycles. The Hall–Kier alpha value is -4.92. The zero-order chi connectivity index (χ0) is 52.4. The zero-order valence-electron chi connectivity index (χ0n) is 40.0. The summed E-state index contributed by atoms with van der Waals surface area (Å²) >= 11 is 5.69. The van der Waals surface area contributed by atoms with Gasteiger partial charge in [0.1, 0.15) is 17.4 Å². The summed E-state index contributed by atoms with van der Waals surface area (Å²) in [7, 11) is 0. The molecule has 2 nitrogen and oxygen atoms in total. The number of ether oxygens (including phenoxy) is 2. The van der Waals surface area contributed by atoms with Crippen molar-refractivity contribution in [2.45, 2.75) is 144 Å². The van der Waals surface area contributed by atoms with E-state index in [9.17, 15) is 57.1 Å². The van der Waals surface area contributed by atoms with E-state index < -0.39 is 65.8 Å². The lowest BCUT2D eigenvalue weighted by molar-refractivity contribution is -0.0524. The van der Waals surface area contributed by atoms with Gasteiger partial charge in [-0.05, 0) is 112 Å². The molecular formula is C52H60ClF13O2. The summed E-state index contributed by atoms with van der Waals surface area (Å²) in [6.07, 6.45) is -2.74. The van der Waals surface area contributed by atoms with Crippen LogP contribution >= 0.6 is 11.6 Å². The molecule has 0 saturated carbocycles. The summed E-state index contributed by atoms with van der Waals surface area (Å²) in [4.78, 5) is 0. The Morgan fingerprint density at radius 3 is 1.24 bits per heavy atom. The van der Waals surface area contributed by atoms with Crippen LogP contribution in [0.2, 0.25) is 5.02 Å². The van der Waals surface area contributed by atoms with Crippen molar-refractivity contribution in [3.05, 3.63) is 164 Å². The lowest BCUT2D eigenvalue weighted by Crippen LogP contribution is -2.10. The van der Waals surface area contributed by atoms with E-state index in [1.807, 2.05) is 75.3 Å². The third kappa shape index (κ3) is 21.6. The summed E-state index contributed by atoms with van der Waals surface area (Å²) in [6, 6.07) is 23.2. The van der Waals surface area contributed by atoms with E-state index in [4.69, 9.17) is 11.6 Å². The maximum absolute atomic E-state index is 13.0. The monoisotopic (exact) mass is 998 g/mol. The molecule has 0 spiro atoms. The molecule has 0 aliphatic rings. The van der Waals surface area contributed by atoms with Crippen LogP contribution in [0, 0.1) is 17.5 Å². The molecule has 0 heterocycles. The molecule has 0 unspecified atom stereocenters. The Bertz CT molecular complexity index is 2200. The second-order valence-electron chi connectivity index (χ2n) is 17.1. The maximum atomic E-state index is 13.0. The predicted octanol–water partition coefficient (Wildman–Crippen LogP) is 19.5. The minimum atomic E-state index is -3.12.